The first-order valence-electron chi connectivity index (χ1n) is 7.11. The molecule has 0 radical (unpaired) electrons. The standard InChI is InChI=1S/C14H17N5O/c1-3-10(9-15-5-1)12-14-18-17-13(11-4-2-8-20-11)19(14)7-6-16-12/h1,3,5,9,11-12,16H,2,4,6-8H2. The number of nitrogens with zero attached hydrogens (tertiary/aromatic N) is 4. The quantitative estimate of drug-likeness (QED) is 0.889. The van der Waals surface area contributed by atoms with Crippen molar-refractivity contribution in [2.45, 2.75) is 31.5 Å². The maximum atomic E-state index is 5.75. The number of aromatic nitrogens is 4. The number of fused-ring (bicyclic) bond motifs is 1. The molecule has 0 bridgehead atoms. The zero-order valence-corrected chi connectivity index (χ0v) is 11.2. The number of hydrogen-bond acceptors (Lipinski definition) is 5. The molecule has 2 unspecified atom stereocenters. The van der Waals surface area contributed by atoms with Gasteiger partial charge in [0.05, 0.1) is 6.04 Å². The van der Waals surface area contributed by atoms with Gasteiger partial charge in [0.25, 0.3) is 0 Å². The van der Waals surface area contributed by atoms with Crippen molar-refractivity contribution in [1.82, 2.24) is 25.1 Å². The van der Waals surface area contributed by atoms with Crippen LogP contribution in [-0.2, 0) is 11.3 Å². The van der Waals surface area contributed by atoms with Crippen molar-refractivity contribution in [2.24, 2.45) is 0 Å². The Balaban J connectivity index is 1.71. The van der Waals surface area contributed by atoms with Crippen LogP contribution in [0, 0.1) is 0 Å². The van der Waals surface area contributed by atoms with Crippen LogP contribution in [0.5, 0.6) is 0 Å². The zero-order valence-electron chi connectivity index (χ0n) is 11.2. The van der Waals surface area contributed by atoms with Crippen LogP contribution in [0.15, 0.2) is 24.5 Å². The van der Waals surface area contributed by atoms with Crippen LogP contribution in [0.25, 0.3) is 0 Å². The van der Waals surface area contributed by atoms with E-state index in [-0.39, 0.29) is 12.1 Å². The van der Waals surface area contributed by atoms with Gasteiger partial charge in [0.1, 0.15) is 6.10 Å². The van der Waals surface area contributed by atoms with E-state index in [4.69, 9.17) is 4.74 Å². The Morgan fingerprint density at radius 1 is 1.30 bits per heavy atom. The molecule has 2 aromatic rings. The average Bonchev–Trinajstić information content (AvgIpc) is 3.16. The van der Waals surface area contributed by atoms with Crippen molar-refractivity contribution in [3.05, 3.63) is 41.7 Å². The predicted octanol–water partition coefficient (Wildman–Crippen LogP) is 1.22. The minimum absolute atomic E-state index is 0.0695. The molecule has 2 aliphatic heterocycles. The van der Waals surface area contributed by atoms with Crippen molar-refractivity contribution in [3.8, 4) is 0 Å². The van der Waals surface area contributed by atoms with Gasteiger partial charge < -0.3 is 14.6 Å². The van der Waals surface area contributed by atoms with E-state index in [2.05, 4.69) is 31.1 Å². The minimum atomic E-state index is 0.0695. The van der Waals surface area contributed by atoms with Crippen LogP contribution in [0.4, 0.5) is 0 Å². The van der Waals surface area contributed by atoms with Gasteiger partial charge in [-0.2, -0.15) is 0 Å². The van der Waals surface area contributed by atoms with Crippen LogP contribution in [-0.4, -0.2) is 32.9 Å². The summed E-state index contributed by atoms with van der Waals surface area (Å²) in [6.07, 6.45) is 5.94. The molecule has 0 spiro atoms. The average molecular weight is 271 g/mol. The van der Waals surface area contributed by atoms with E-state index in [0.29, 0.717) is 0 Å². The largest absolute Gasteiger partial charge is 0.370 e. The summed E-state index contributed by atoms with van der Waals surface area (Å²) in [6, 6.07) is 4.09. The third-order valence-corrected chi connectivity index (χ3v) is 3.99. The second kappa shape index (κ2) is 4.96. The summed E-state index contributed by atoms with van der Waals surface area (Å²) >= 11 is 0. The third-order valence-electron chi connectivity index (χ3n) is 3.99. The first-order valence-corrected chi connectivity index (χ1v) is 7.11. The highest BCUT2D eigenvalue weighted by Crippen LogP contribution is 2.31. The molecule has 0 amide bonds. The molecule has 1 N–H and O–H groups in total. The molecular weight excluding hydrogens is 254 g/mol. The molecule has 2 atom stereocenters. The number of nitrogens with one attached hydrogen (secondary N) is 1. The second-order valence-electron chi connectivity index (χ2n) is 5.24. The molecule has 104 valence electrons. The smallest absolute Gasteiger partial charge is 0.162 e. The fraction of sp³-hybridized carbons (Fsp3) is 0.500. The number of hydrogen-bond donors (Lipinski definition) is 1. The predicted molar refractivity (Wildman–Crippen MR) is 72.0 cm³/mol. The Kier molecular flexibility index (Phi) is 2.97. The van der Waals surface area contributed by atoms with Crippen LogP contribution in [0.3, 0.4) is 0 Å². The highest BCUT2D eigenvalue weighted by Gasteiger charge is 2.30. The van der Waals surface area contributed by atoms with E-state index < -0.39 is 0 Å². The molecule has 4 rings (SSSR count). The summed E-state index contributed by atoms with van der Waals surface area (Å²) in [4.78, 5) is 4.19. The van der Waals surface area contributed by atoms with Gasteiger partial charge in [-0.25, -0.2) is 0 Å². The number of pyridine rings is 1. The van der Waals surface area contributed by atoms with Crippen molar-refractivity contribution >= 4 is 0 Å². The third kappa shape index (κ3) is 1.92. The summed E-state index contributed by atoms with van der Waals surface area (Å²) < 4.78 is 7.96. The zero-order chi connectivity index (χ0) is 13.4. The Morgan fingerprint density at radius 2 is 2.25 bits per heavy atom. The molecule has 4 heterocycles. The molecule has 2 aromatic heterocycles. The van der Waals surface area contributed by atoms with Crippen LogP contribution < -0.4 is 5.32 Å². The molecule has 0 saturated carbocycles. The van der Waals surface area contributed by atoms with Crippen LogP contribution in [0.1, 0.15) is 42.2 Å². The highest BCUT2D eigenvalue weighted by molar-refractivity contribution is 5.23. The van der Waals surface area contributed by atoms with E-state index in [9.17, 15) is 0 Å². The van der Waals surface area contributed by atoms with Gasteiger partial charge in [-0.3, -0.25) is 4.98 Å². The van der Waals surface area contributed by atoms with E-state index in [1.807, 2.05) is 12.3 Å². The highest BCUT2D eigenvalue weighted by atomic mass is 16.5. The van der Waals surface area contributed by atoms with Crippen molar-refractivity contribution in [1.29, 1.82) is 0 Å². The molecule has 0 aliphatic carbocycles. The Hall–Kier alpha value is -1.79. The maximum absolute atomic E-state index is 5.75. The molecule has 1 fully saturated rings. The lowest BCUT2D eigenvalue weighted by Gasteiger charge is -2.25. The van der Waals surface area contributed by atoms with Crippen molar-refractivity contribution < 1.29 is 4.74 Å². The summed E-state index contributed by atoms with van der Waals surface area (Å²) in [5, 5.41) is 12.3. The number of ether oxygens (including phenoxy) is 1. The molecule has 0 aromatic carbocycles. The molecule has 6 nitrogen and oxygen atoms in total. The maximum Gasteiger partial charge on any atom is 0.162 e. The van der Waals surface area contributed by atoms with Gasteiger partial charge in [0.15, 0.2) is 11.6 Å². The topological polar surface area (TPSA) is 64.9 Å². The van der Waals surface area contributed by atoms with Gasteiger partial charge in [-0.15, -0.1) is 10.2 Å². The van der Waals surface area contributed by atoms with Crippen molar-refractivity contribution in [2.75, 3.05) is 13.2 Å². The van der Waals surface area contributed by atoms with E-state index in [1.165, 1.54) is 0 Å². The second-order valence-corrected chi connectivity index (χ2v) is 5.24. The fourth-order valence-electron chi connectivity index (χ4n) is 3.02. The van der Waals surface area contributed by atoms with Gasteiger partial charge in [0.2, 0.25) is 0 Å². The number of rotatable bonds is 2. The van der Waals surface area contributed by atoms with E-state index in [0.717, 1.165) is 49.8 Å². The molecule has 20 heavy (non-hydrogen) atoms. The van der Waals surface area contributed by atoms with Crippen LogP contribution >= 0.6 is 0 Å². The van der Waals surface area contributed by atoms with E-state index >= 15 is 0 Å². The Labute approximate surface area is 117 Å². The normalized spacial score (nSPS) is 25.6. The van der Waals surface area contributed by atoms with Crippen molar-refractivity contribution in [3.63, 3.8) is 0 Å². The lowest BCUT2D eigenvalue weighted by atomic mass is 10.1. The minimum Gasteiger partial charge on any atom is -0.370 e. The Morgan fingerprint density at radius 3 is 3.05 bits per heavy atom. The summed E-state index contributed by atoms with van der Waals surface area (Å²) in [5.74, 6) is 1.95. The van der Waals surface area contributed by atoms with Gasteiger partial charge in [0, 0.05) is 32.1 Å². The van der Waals surface area contributed by atoms with E-state index in [1.54, 1.807) is 6.20 Å². The van der Waals surface area contributed by atoms with Gasteiger partial charge in [-0.05, 0) is 24.5 Å². The Bertz CT molecular complexity index is 591. The molecule has 6 heteroatoms. The van der Waals surface area contributed by atoms with Gasteiger partial charge in [-0.1, -0.05) is 6.07 Å². The summed E-state index contributed by atoms with van der Waals surface area (Å²) in [6.45, 7) is 2.63. The first-order chi connectivity index (χ1) is 9.93. The summed E-state index contributed by atoms with van der Waals surface area (Å²) in [5.41, 5.74) is 1.12. The molecule has 1 saturated heterocycles. The molecular formula is C14H17N5O. The molecule has 2 aliphatic rings. The fourth-order valence-corrected chi connectivity index (χ4v) is 3.02. The lowest BCUT2D eigenvalue weighted by Crippen LogP contribution is -2.35. The first kappa shape index (κ1) is 12.0. The lowest BCUT2D eigenvalue weighted by molar-refractivity contribution is 0.101. The monoisotopic (exact) mass is 271 g/mol. The van der Waals surface area contributed by atoms with Crippen LogP contribution in [0.2, 0.25) is 0 Å². The SMILES string of the molecule is c1cncc(C2NCCn3c(C4CCCO4)nnc32)c1. The van der Waals surface area contributed by atoms with Gasteiger partial charge >= 0.3 is 0 Å². The summed E-state index contributed by atoms with van der Waals surface area (Å²) in [7, 11) is 0.